The molecule has 0 heterocycles. The molecular formula is C19H22O2. The van der Waals surface area contributed by atoms with Crippen LogP contribution in [0, 0.1) is 0 Å². The number of rotatable bonds is 4. The molecule has 0 aromatic heterocycles. The van der Waals surface area contributed by atoms with Gasteiger partial charge in [-0.3, -0.25) is 0 Å². The molecule has 0 amide bonds. The zero-order valence-electron chi connectivity index (χ0n) is 12.3. The van der Waals surface area contributed by atoms with Crippen molar-refractivity contribution in [2.24, 2.45) is 0 Å². The number of ether oxygens (including phenoxy) is 1. The lowest BCUT2D eigenvalue weighted by Gasteiger charge is -2.22. The van der Waals surface area contributed by atoms with Crippen LogP contribution in [0.25, 0.3) is 0 Å². The normalized spacial score (nSPS) is 15.9. The van der Waals surface area contributed by atoms with Crippen LogP contribution in [0.3, 0.4) is 0 Å². The fraction of sp³-hybridized carbons (Fsp3) is 0.368. The van der Waals surface area contributed by atoms with Gasteiger partial charge in [0.1, 0.15) is 11.5 Å². The van der Waals surface area contributed by atoms with Gasteiger partial charge in [0.15, 0.2) is 0 Å². The molecule has 2 nitrogen and oxygen atoms in total. The van der Waals surface area contributed by atoms with E-state index < -0.39 is 0 Å². The highest BCUT2D eigenvalue weighted by Crippen LogP contribution is 2.33. The van der Waals surface area contributed by atoms with Gasteiger partial charge in [0.05, 0.1) is 6.61 Å². The summed E-state index contributed by atoms with van der Waals surface area (Å²) in [6.07, 6.45) is 6.76. The van der Waals surface area contributed by atoms with Crippen molar-refractivity contribution in [1.29, 1.82) is 0 Å². The molecule has 2 heteroatoms. The minimum absolute atomic E-state index is 0.0658. The SMILES string of the molecule is OCc1ccc(Oc2ccc(C3CCCCC3)cc2)cc1. The van der Waals surface area contributed by atoms with E-state index in [0.717, 1.165) is 23.0 Å². The molecule has 1 aliphatic rings. The fourth-order valence-corrected chi connectivity index (χ4v) is 3.04. The predicted molar refractivity (Wildman–Crippen MR) is 84.7 cm³/mol. The Morgan fingerprint density at radius 3 is 1.95 bits per heavy atom. The van der Waals surface area contributed by atoms with E-state index in [0.29, 0.717) is 0 Å². The number of aliphatic hydroxyl groups excluding tert-OH is 1. The van der Waals surface area contributed by atoms with Crippen LogP contribution in [0.15, 0.2) is 48.5 Å². The van der Waals surface area contributed by atoms with Crippen LogP contribution in [0.1, 0.15) is 49.1 Å². The van der Waals surface area contributed by atoms with Crippen molar-refractivity contribution >= 4 is 0 Å². The first-order valence-electron chi connectivity index (χ1n) is 7.83. The van der Waals surface area contributed by atoms with Crippen molar-refractivity contribution < 1.29 is 9.84 Å². The van der Waals surface area contributed by atoms with Crippen LogP contribution in [-0.4, -0.2) is 5.11 Å². The van der Waals surface area contributed by atoms with Gasteiger partial charge >= 0.3 is 0 Å². The molecule has 110 valence electrons. The Balaban J connectivity index is 1.65. The van der Waals surface area contributed by atoms with Gasteiger partial charge in [0.25, 0.3) is 0 Å². The van der Waals surface area contributed by atoms with Gasteiger partial charge in [-0.1, -0.05) is 43.5 Å². The van der Waals surface area contributed by atoms with E-state index in [2.05, 4.69) is 24.3 Å². The van der Waals surface area contributed by atoms with Crippen molar-refractivity contribution in [1.82, 2.24) is 0 Å². The monoisotopic (exact) mass is 282 g/mol. The van der Waals surface area contributed by atoms with Crippen molar-refractivity contribution in [2.75, 3.05) is 0 Å². The average molecular weight is 282 g/mol. The second-order valence-electron chi connectivity index (χ2n) is 5.81. The van der Waals surface area contributed by atoms with Gasteiger partial charge in [0, 0.05) is 0 Å². The molecule has 2 aromatic rings. The van der Waals surface area contributed by atoms with Crippen molar-refractivity contribution in [3.05, 3.63) is 59.7 Å². The second-order valence-corrected chi connectivity index (χ2v) is 5.81. The van der Waals surface area contributed by atoms with Gasteiger partial charge in [-0.25, -0.2) is 0 Å². The molecule has 0 unspecified atom stereocenters. The Morgan fingerprint density at radius 2 is 1.38 bits per heavy atom. The number of aliphatic hydroxyl groups is 1. The van der Waals surface area contributed by atoms with Crippen molar-refractivity contribution in [2.45, 2.75) is 44.6 Å². The van der Waals surface area contributed by atoms with Crippen LogP contribution in [0.4, 0.5) is 0 Å². The zero-order valence-corrected chi connectivity index (χ0v) is 12.3. The first-order valence-corrected chi connectivity index (χ1v) is 7.83. The summed E-state index contributed by atoms with van der Waals surface area (Å²) in [5.74, 6) is 2.40. The Kier molecular flexibility index (Phi) is 4.56. The fourth-order valence-electron chi connectivity index (χ4n) is 3.04. The molecule has 1 fully saturated rings. The molecule has 1 aliphatic carbocycles. The van der Waals surface area contributed by atoms with Crippen LogP contribution in [-0.2, 0) is 6.61 Å². The van der Waals surface area contributed by atoms with E-state index in [-0.39, 0.29) is 6.61 Å². The third kappa shape index (κ3) is 3.64. The van der Waals surface area contributed by atoms with Gasteiger partial charge in [-0.05, 0) is 54.2 Å². The summed E-state index contributed by atoms with van der Waals surface area (Å²) in [4.78, 5) is 0. The lowest BCUT2D eigenvalue weighted by molar-refractivity contribution is 0.281. The molecule has 1 N–H and O–H groups in total. The lowest BCUT2D eigenvalue weighted by Crippen LogP contribution is -2.04. The Labute approximate surface area is 126 Å². The molecule has 2 aromatic carbocycles. The van der Waals surface area contributed by atoms with Gasteiger partial charge in [-0.2, -0.15) is 0 Å². The molecule has 0 spiro atoms. The van der Waals surface area contributed by atoms with Crippen LogP contribution in [0.2, 0.25) is 0 Å². The third-order valence-corrected chi connectivity index (χ3v) is 4.30. The Bertz CT molecular complexity index is 551. The van der Waals surface area contributed by atoms with E-state index in [4.69, 9.17) is 9.84 Å². The van der Waals surface area contributed by atoms with Crippen molar-refractivity contribution in [3.8, 4) is 11.5 Å². The maximum atomic E-state index is 9.03. The first kappa shape index (κ1) is 14.2. The predicted octanol–water partition coefficient (Wildman–Crippen LogP) is 5.02. The quantitative estimate of drug-likeness (QED) is 0.853. The molecule has 1 saturated carbocycles. The largest absolute Gasteiger partial charge is 0.457 e. The molecule has 0 saturated heterocycles. The van der Waals surface area contributed by atoms with E-state index in [9.17, 15) is 0 Å². The first-order chi connectivity index (χ1) is 10.3. The number of benzene rings is 2. The Hall–Kier alpha value is -1.80. The number of hydrogen-bond donors (Lipinski definition) is 1. The highest BCUT2D eigenvalue weighted by molar-refractivity contribution is 5.35. The summed E-state index contributed by atoms with van der Waals surface area (Å²) in [5.41, 5.74) is 2.34. The molecule has 3 rings (SSSR count). The summed E-state index contributed by atoms with van der Waals surface area (Å²) in [7, 11) is 0. The van der Waals surface area contributed by atoms with E-state index in [1.54, 1.807) is 0 Å². The second kappa shape index (κ2) is 6.77. The molecular weight excluding hydrogens is 260 g/mol. The summed E-state index contributed by atoms with van der Waals surface area (Å²) >= 11 is 0. The van der Waals surface area contributed by atoms with Crippen LogP contribution < -0.4 is 4.74 Å². The highest BCUT2D eigenvalue weighted by atomic mass is 16.5. The van der Waals surface area contributed by atoms with Gasteiger partial charge in [0.2, 0.25) is 0 Å². The maximum absolute atomic E-state index is 9.03. The van der Waals surface area contributed by atoms with E-state index in [1.807, 2.05) is 24.3 Å². The third-order valence-electron chi connectivity index (χ3n) is 4.30. The summed E-state index contributed by atoms with van der Waals surface area (Å²) in [5, 5.41) is 9.03. The topological polar surface area (TPSA) is 29.5 Å². The van der Waals surface area contributed by atoms with E-state index >= 15 is 0 Å². The summed E-state index contributed by atoms with van der Waals surface area (Å²) in [6, 6.07) is 16.1. The van der Waals surface area contributed by atoms with E-state index in [1.165, 1.54) is 37.7 Å². The smallest absolute Gasteiger partial charge is 0.127 e. The standard InChI is InChI=1S/C19H22O2/c20-14-15-6-10-18(11-7-15)21-19-12-8-17(9-13-19)16-4-2-1-3-5-16/h6-13,16,20H,1-5,14H2. The van der Waals surface area contributed by atoms with Gasteiger partial charge < -0.3 is 9.84 Å². The summed E-state index contributed by atoms with van der Waals surface area (Å²) in [6.45, 7) is 0.0658. The molecule has 21 heavy (non-hydrogen) atoms. The maximum Gasteiger partial charge on any atom is 0.127 e. The molecule has 0 aliphatic heterocycles. The molecule has 0 atom stereocenters. The molecule has 0 radical (unpaired) electrons. The Morgan fingerprint density at radius 1 is 0.810 bits per heavy atom. The van der Waals surface area contributed by atoms with Crippen molar-refractivity contribution in [3.63, 3.8) is 0 Å². The minimum Gasteiger partial charge on any atom is -0.457 e. The summed E-state index contributed by atoms with van der Waals surface area (Å²) < 4.78 is 5.84. The van der Waals surface area contributed by atoms with Gasteiger partial charge in [-0.15, -0.1) is 0 Å². The average Bonchev–Trinajstić information content (AvgIpc) is 2.57. The highest BCUT2D eigenvalue weighted by Gasteiger charge is 2.15. The minimum atomic E-state index is 0.0658. The zero-order chi connectivity index (χ0) is 14.5. The number of hydrogen-bond acceptors (Lipinski definition) is 2. The lowest BCUT2D eigenvalue weighted by atomic mass is 9.84. The van der Waals surface area contributed by atoms with Crippen LogP contribution >= 0.6 is 0 Å². The molecule has 0 bridgehead atoms. The van der Waals surface area contributed by atoms with Crippen LogP contribution in [0.5, 0.6) is 11.5 Å².